The highest BCUT2D eigenvalue weighted by Crippen LogP contribution is 2.54. The van der Waals surface area contributed by atoms with Gasteiger partial charge in [-0.25, -0.2) is 0 Å². The summed E-state index contributed by atoms with van der Waals surface area (Å²) in [6, 6.07) is 9.56. The topological polar surface area (TPSA) is 20.3 Å². The molecule has 2 unspecified atom stereocenters. The highest BCUT2D eigenvalue weighted by atomic mass is 16.1. The molecule has 1 amide bonds. The van der Waals surface area contributed by atoms with Crippen molar-refractivity contribution >= 4 is 6.41 Å². The van der Waals surface area contributed by atoms with Gasteiger partial charge in [-0.1, -0.05) is 38.1 Å². The molecule has 1 heterocycles. The number of rotatable bonds is 3. The standard InChI is InChI=1S/C18H25NO/c1-13(2)15-5-4-6-16(9-15)17-7-8-18(10-17)11-19(12-20)14(18)3/h4-6,9,12-14,17H,7-8,10-11H2,1-3H3/t14-,17?,18?/m1/s1. The summed E-state index contributed by atoms with van der Waals surface area (Å²) in [5.41, 5.74) is 3.35. The average Bonchev–Trinajstić information content (AvgIpc) is 2.92. The van der Waals surface area contributed by atoms with Gasteiger partial charge in [0.25, 0.3) is 0 Å². The molecule has 3 rings (SSSR count). The third-order valence-electron chi connectivity index (χ3n) is 5.71. The number of carbonyl (C=O) groups is 1. The van der Waals surface area contributed by atoms with E-state index in [2.05, 4.69) is 45.0 Å². The molecule has 1 aliphatic heterocycles. The summed E-state index contributed by atoms with van der Waals surface area (Å²) in [5.74, 6) is 1.28. The molecule has 0 radical (unpaired) electrons. The Balaban J connectivity index is 1.75. The van der Waals surface area contributed by atoms with Crippen molar-refractivity contribution in [3.05, 3.63) is 35.4 Å². The van der Waals surface area contributed by atoms with Gasteiger partial charge < -0.3 is 4.90 Å². The summed E-state index contributed by atoms with van der Waals surface area (Å²) in [6.45, 7) is 7.69. The lowest BCUT2D eigenvalue weighted by molar-refractivity contribution is -0.138. The van der Waals surface area contributed by atoms with Crippen LogP contribution in [-0.4, -0.2) is 23.9 Å². The van der Waals surface area contributed by atoms with Crippen LogP contribution in [0.1, 0.15) is 63.0 Å². The van der Waals surface area contributed by atoms with Gasteiger partial charge in [0.15, 0.2) is 0 Å². The predicted molar refractivity (Wildman–Crippen MR) is 81.8 cm³/mol. The molecule has 2 fully saturated rings. The van der Waals surface area contributed by atoms with E-state index in [0.29, 0.717) is 23.3 Å². The molecule has 20 heavy (non-hydrogen) atoms. The molecule has 2 aliphatic rings. The molecular weight excluding hydrogens is 246 g/mol. The second kappa shape index (κ2) is 4.91. The Hall–Kier alpha value is -1.31. The summed E-state index contributed by atoms with van der Waals surface area (Å²) in [6.07, 6.45) is 4.82. The Labute approximate surface area is 122 Å². The van der Waals surface area contributed by atoms with E-state index in [-0.39, 0.29) is 0 Å². The average molecular weight is 271 g/mol. The van der Waals surface area contributed by atoms with Gasteiger partial charge in [-0.15, -0.1) is 0 Å². The highest BCUT2D eigenvalue weighted by molar-refractivity contribution is 5.51. The van der Waals surface area contributed by atoms with Crippen molar-refractivity contribution in [3.8, 4) is 0 Å². The van der Waals surface area contributed by atoms with E-state index in [0.717, 1.165) is 13.0 Å². The largest absolute Gasteiger partial charge is 0.341 e. The van der Waals surface area contributed by atoms with Crippen molar-refractivity contribution < 1.29 is 4.79 Å². The van der Waals surface area contributed by atoms with E-state index in [1.807, 2.05) is 4.90 Å². The van der Waals surface area contributed by atoms with Crippen LogP contribution in [0.4, 0.5) is 0 Å². The maximum atomic E-state index is 10.9. The zero-order valence-corrected chi connectivity index (χ0v) is 12.8. The maximum absolute atomic E-state index is 10.9. The minimum atomic E-state index is 0.402. The number of likely N-dealkylation sites (tertiary alicyclic amines) is 1. The molecule has 0 N–H and O–H groups in total. The van der Waals surface area contributed by atoms with E-state index >= 15 is 0 Å². The van der Waals surface area contributed by atoms with Crippen LogP contribution < -0.4 is 0 Å². The molecule has 3 atom stereocenters. The summed E-state index contributed by atoms with van der Waals surface area (Å²) in [5, 5.41) is 0. The fourth-order valence-electron chi connectivity index (χ4n) is 4.14. The number of amides is 1. The molecule has 1 aliphatic carbocycles. The van der Waals surface area contributed by atoms with E-state index < -0.39 is 0 Å². The third-order valence-corrected chi connectivity index (χ3v) is 5.71. The Kier molecular flexibility index (Phi) is 3.35. The van der Waals surface area contributed by atoms with Gasteiger partial charge in [0.1, 0.15) is 0 Å². The lowest BCUT2D eigenvalue weighted by Crippen LogP contribution is -2.61. The van der Waals surface area contributed by atoms with Gasteiger partial charge in [-0.2, -0.15) is 0 Å². The zero-order valence-electron chi connectivity index (χ0n) is 12.8. The van der Waals surface area contributed by atoms with Crippen molar-refractivity contribution in [2.24, 2.45) is 5.41 Å². The van der Waals surface area contributed by atoms with Crippen LogP contribution in [0.3, 0.4) is 0 Å². The van der Waals surface area contributed by atoms with Crippen LogP contribution in [-0.2, 0) is 4.79 Å². The van der Waals surface area contributed by atoms with Crippen molar-refractivity contribution in [1.82, 2.24) is 4.90 Å². The second-order valence-electron chi connectivity index (χ2n) is 7.08. The highest BCUT2D eigenvalue weighted by Gasteiger charge is 2.53. The molecule has 108 valence electrons. The van der Waals surface area contributed by atoms with E-state index in [1.54, 1.807) is 0 Å². The quantitative estimate of drug-likeness (QED) is 0.763. The lowest BCUT2D eigenvalue weighted by atomic mass is 9.70. The van der Waals surface area contributed by atoms with E-state index in [9.17, 15) is 4.79 Å². The van der Waals surface area contributed by atoms with Crippen molar-refractivity contribution in [2.45, 2.75) is 57.9 Å². The fourth-order valence-corrected chi connectivity index (χ4v) is 4.14. The first-order valence-corrected chi connectivity index (χ1v) is 7.86. The van der Waals surface area contributed by atoms with Crippen LogP contribution in [0.15, 0.2) is 24.3 Å². The van der Waals surface area contributed by atoms with Gasteiger partial charge >= 0.3 is 0 Å². The monoisotopic (exact) mass is 271 g/mol. The molecular formula is C18H25NO. The summed E-state index contributed by atoms with van der Waals surface area (Å²) in [7, 11) is 0. The first-order chi connectivity index (χ1) is 9.55. The molecule has 2 nitrogen and oxygen atoms in total. The Morgan fingerprint density at radius 2 is 2.20 bits per heavy atom. The lowest BCUT2D eigenvalue weighted by Gasteiger charge is -2.53. The molecule has 1 saturated heterocycles. The van der Waals surface area contributed by atoms with Crippen molar-refractivity contribution in [2.75, 3.05) is 6.54 Å². The third kappa shape index (κ3) is 2.06. The van der Waals surface area contributed by atoms with Crippen LogP contribution in [0, 0.1) is 5.41 Å². The summed E-state index contributed by atoms with van der Waals surface area (Å²) < 4.78 is 0. The molecule has 0 aromatic heterocycles. The van der Waals surface area contributed by atoms with E-state index in [1.165, 1.54) is 30.4 Å². The van der Waals surface area contributed by atoms with Gasteiger partial charge in [0.2, 0.25) is 6.41 Å². The number of nitrogens with zero attached hydrogens (tertiary/aromatic N) is 1. The van der Waals surface area contributed by atoms with Crippen molar-refractivity contribution in [1.29, 1.82) is 0 Å². The minimum absolute atomic E-state index is 0.402. The molecule has 2 heteroatoms. The second-order valence-corrected chi connectivity index (χ2v) is 7.08. The SMILES string of the molecule is CC(C)c1cccc(C2CCC3(C2)CN(C=O)[C@@H]3C)c1. The number of benzene rings is 1. The van der Waals surface area contributed by atoms with Crippen LogP contribution >= 0.6 is 0 Å². The molecule has 1 aromatic carbocycles. The predicted octanol–water partition coefficient (Wildman–Crippen LogP) is 3.92. The first kappa shape index (κ1) is 13.7. The smallest absolute Gasteiger partial charge is 0.209 e. The maximum Gasteiger partial charge on any atom is 0.209 e. The minimum Gasteiger partial charge on any atom is -0.341 e. The van der Waals surface area contributed by atoms with Gasteiger partial charge in [-0.05, 0) is 49.1 Å². The van der Waals surface area contributed by atoms with Gasteiger partial charge in [0.05, 0.1) is 0 Å². The van der Waals surface area contributed by atoms with Crippen LogP contribution in [0.25, 0.3) is 0 Å². The first-order valence-electron chi connectivity index (χ1n) is 7.86. The van der Waals surface area contributed by atoms with Crippen LogP contribution in [0.5, 0.6) is 0 Å². The fraction of sp³-hybridized carbons (Fsp3) is 0.611. The molecule has 1 spiro atoms. The molecule has 1 saturated carbocycles. The molecule has 0 bridgehead atoms. The number of hydrogen-bond acceptors (Lipinski definition) is 1. The zero-order chi connectivity index (χ0) is 14.3. The van der Waals surface area contributed by atoms with Gasteiger partial charge in [0, 0.05) is 18.0 Å². The molecule has 1 aromatic rings. The Morgan fingerprint density at radius 3 is 2.85 bits per heavy atom. The van der Waals surface area contributed by atoms with E-state index in [4.69, 9.17) is 0 Å². The van der Waals surface area contributed by atoms with Crippen molar-refractivity contribution in [3.63, 3.8) is 0 Å². The Morgan fingerprint density at radius 1 is 1.40 bits per heavy atom. The normalized spacial score (nSPS) is 32.7. The number of carbonyl (C=O) groups excluding carboxylic acids is 1. The summed E-state index contributed by atoms with van der Waals surface area (Å²) >= 11 is 0. The Bertz CT molecular complexity index is 510. The van der Waals surface area contributed by atoms with Gasteiger partial charge in [-0.3, -0.25) is 4.79 Å². The van der Waals surface area contributed by atoms with Crippen LogP contribution in [0.2, 0.25) is 0 Å². The summed E-state index contributed by atoms with van der Waals surface area (Å²) in [4.78, 5) is 12.9. The number of hydrogen-bond donors (Lipinski definition) is 0.